The number of hydrogen-bond donors (Lipinski definition) is 3. The number of quaternary nitrogens is 1. The highest BCUT2D eigenvalue weighted by molar-refractivity contribution is 5.73. The average molecular weight is 457 g/mol. The summed E-state index contributed by atoms with van der Waals surface area (Å²) in [5, 5.41) is 27.3. The van der Waals surface area contributed by atoms with Crippen LogP contribution in [-0.4, -0.2) is 63.9 Å². The number of unbranched alkanes of at least 4 members (excludes halogenated alkanes) is 13. The molecular formula is C25H46NO6+. The summed E-state index contributed by atoms with van der Waals surface area (Å²) in [6.45, 7) is 1.02. The van der Waals surface area contributed by atoms with Gasteiger partial charge in [-0.15, -0.1) is 0 Å². The van der Waals surface area contributed by atoms with E-state index in [1.54, 1.807) is 0 Å². The normalized spacial score (nSPS) is 11.8. The molecule has 0 bridgehead atoms. The van der Waals surface area contributed by atoms with Crippen LogP contribution >= 0.6 is 0 Å². The summed E-state index contributed by atoms with van der Waals surface area (Å²) in [6, 6.07) is 0. The molecule has 32 heavy (non-hydrogen) atoms. The molecular weight excluding hydrogens is 410 g/mol. The van der Waals surface area contributed by atoms with Gasteiger partial charge in [0.25, 0.3) is 0 Å². The molecule has 0 spiro atoms. The number of hydrogen-bond acceptors (Lipinski definition) is 3. The molecule has 0 aromatic rings. The van der Waals surface area contributed by atoms with Crippen molar-refractivity contribution in [2.45, 2.75) is 103 Å². The van der Waals surface area contributed by atoms with E-state index >= 15 is 0 Å². The van der Waals surface area contributed by atoms with Gasteiger partial charge >= 0.3 is 17.9 Å². The third-order valence-corrected chi connectivity index (χ3v) is 5.81. The summed E-state index contributed by atoms with van der Waals surface area (Å²) in [5.74, 6) is -3.53. The summed E-state index contributed by atoms with van der Waals surface area (Å²) in [4.78, 5) is 33.4. The van der Waals surface area contributed by atoms with E-state index < -0.39 is 42.0 Å². The minimum Gasteiger partial charge on any atom is -0.477 e. The Morgan fingerprint density at radius 3 is 1.28 bits per heavy atom. The van der Waals surface area contributed by atoms with E-state index in [0.717, 1.165) is 25.7 Å². The summed E-state index contributed by atoms with van der Waals surface area (Å²) >= 11 is 0. The lowest BCUT2D eigenvalue weighted by Crippen LogP contribution is -2.57. The maximum atomic E-state index is 11.1. The fourth-order valence-corrected chi connectivity index (χ4v) is 4.14. The van der Waals surface area contributed by atoms with Gasteiger partial charge in [0.15, 0.2) is 19.6 Å². The zero-order chi connectivity index (χ0) is 24.1. The smallest absolute Gasteiger partial charge is 0.359 e. The molecule has 0 aliphatic carbocycles. The Bertz CT molecular complexity index is 506. The zero-order valence-electron chi connectivity index (χ0n) is 20.1. The number of aliphatic carboxylic acids is 3. The van der Waals surface area contributed by atoms with Crippen LogP contribution < -0.4 is 0 Å². The van der Waals surface area contributed by atoms with Gasteiger partial charge in [0.1, 0.15) is 0 Å². The molecule has 7 nitrogen and oxygen atoms in total. The standard InChI is InChI=1S/C25H45NO6/c1-2-3-4-5-6-7-8-9-10-11-12-13-14-15-16-17-18-19-26(20-23(27)28,21-24(29)30)22-25(31)32/h13-14H,2-12,15-22H2,1H3,(H2-,27,28,29,30,31,32)/p+1/b14-13+. The maximum absolute atomic E-state index is 11.1. The number of allylic oxidation sites excluding steroid dienone is 2. The molecule has 0 aliphatic heterocycles. The summed E-state index contributed by atoms with van der Waals surface area (Å²) in [7, 11) is 0. The molecule has 0 aromatic carbocycles. The van der Waals surface area contributed by atoms with Gasteiger partial charge in [-0.25, -0.2) is 14.4 Å². The number of nitrogens with zero attached hydrogens (tertiary/aromatic N) is 1. The van der Waals surface area contributed by atoms with E-state index in [4.69, 9.17) is 15.3 Å². The number of carboxylic acids is 3. The number of carboxylic acid groups (broad SMARTS) is 3. The van der Waals surface area contributed by atoms with E-state index in [-0.39, 0.29) is 6.54 Å². The Hall–Kier alpha value is -1.89. The van der Waals surface area contributed by atoms with Crippen LogP contribution in [0, 0.1) is 0 Å². The van der Waals surface area contributed by atoms with Crippen molar-refractivity contribution in [2.24, 2.45) is 0 Å². The fraction of sp³-hybridized carbons (Fsp3) is 0.800. The minimum absolute atomic E-state index is 0.243. The molecule has 0 unspecified atom stereocenters. The second-order valence-electron chi connectivity index (χ2n) is 9.01. The SMILES string of the molecule is CCCCCCCCCCCC/C=C/CCCCC[N+](CC(=O)O)(CC(=O)O)CC(=O)O. The monoisotopic (exact) mass is 456 g/mol. The number of rotatable bonds is 23. The Balaban J connectivity index is 3.89. The van der Waals surface area contributed by atoms with Crippen molar-refractivity contribution in [3.63, 3.8) is 0 Å². The van der Waals surface area contributed by atoms with Gasteiger partial charge in [-0.05, 0) is 38.5 Å². The van der Waals surface area contributed by atoms with Crippen molar-refractivity contribution in [1.82, 2.24) is 0 Å². The fourth-order valence-electron chi connectivity index (χ4n) is 4.14. The third kappa shape index (κ3) is 18.8. The molecule has 0 radical (unpaired) electrons. The van der Waals surface area contributed by atoms with Crippen LogP contribution in [0.5, 0.6) is 0 Å². The first kappa shape index (κ1) is 30.1. The Morgan fingerprint density at radius 1 is 0.562 bits per heavy atom. The minimum atomic E-state index is -1.18. The lowest BCUT2D eigenvalue weighted by Gasteiger charge is -2.34. The molecule has 0 aliphatic rings. The van der Waals surface area contributed by atoms with E-state index in [2.05, 4.69) is 19.1 Å². The molecule has 3 N–H and O–H groups in total. The predicted molar refractivity (Wildman–Crippen MR) is 127 cm³/mol. The van der Waals surface area contributed by atoms with Gasteiger partial charge in [-0.1, -0.05) is 76.9 Å². The molecule has 0 atom stereocenters. The predicted octanol–water partition coefficient (Wildman–Crippen LogP) is 5.48. The lowest BCUT2D eigenvalue weighted by molar-refractivity contribution is -0.907. The molecule has 0 rings (SSSR count). The lowest BCUT2D eigenvalue weighted by atomic mass is 10.1. The maximum Gasteiger partial charge on any atom is 0.359 e. The first-order chi connectivity index (χ1) is 15.3. The van der Waals surface area contributed by atoms with Crippen LogP contribution in [-0.2, 0) is 14.4 Å². The van der Waals surface area contributed by atoms with Crippen LogP contribution in [0.1, 0.15) is 103 Å². The molecule has 0 saturated carbocycles. The Morgan fingerprint density at radius 2 is 0.906 bits per heavy atom. The first-order valence-electron chi connectivity index (χ1n) is 12.5. The van der Waals surface area contributed by atoms with Gasteiger partial charge in [-0.3, -0.25) is 4.48 Å². The molecule has 0 heterocycles. The third-order valence-electron chi connectivity index (χ3n) is 5.81. The average Bonchev–Trinajstić information content (AvgIpc) is 2.68. The van der Waals surface area contributed by atoms with Crippen molar-refractivity contribution < 1.29 is 34.2 Å². The Kier molecular flexibility index (Phi) is 18.6. The van der Waals surface area contributed by atoms with Crippen molar-refractivity contribution >= 4 is 17.9 Å². The van der Waals surface area contributed by atoms with Gasteiger partial charge < -0.3 is 15.3 Å². The second-order valence-corrected chi connectivity index (χ2v) is 9.01. The molecule has 7 heteroatoms. The van der Waals surface area contributed by atoms with Crippen molar-refractivity contribution in [3.8, 4) is 0 Å². The van der Waals surface area contributed by atoms with Crippen molar-refractivity contribution in [2.75, 3.05) is 26.2 Å². The van der Waals surface area contributed by atoms with Gasteiger partial charge in [0.2, 0.25) is 0 Å². The highest BCUT2D eigenvalue weighted by Gasteiger charge is 2.35. The van der Waals surface area contributed by atoms with E-state index in [1.165, 1.54) is 64.2 Å². The van der Waals surface area contributed by atoms with E-state index in [9.17, 15) is 14.4 Å². The van der Waals surface area contributed by atoms with Crippen LogP contribution in [0.15, 0.2) is 12.2 Å². The second kappa shape index (κ2) is 19.8. The van der Waals surface area contributed by atoms with Crippen LogP contribution in [0.25, 0.3) is 0 Å². The Labute approximate surface area is 194 Å². The first-order valence-corrected chi connectivity index (χ1v) is 12.5. The topological polar surface area (TPSA) is 112 Å². The van der Waals surface area contributed by atoms with Crippen LogP contribution in [0.3, 0.4) is 0 Å². The van der Waals surface area contributed by atoms with Crippen molar-refractivity contribution in [1.29, 1.82) is 0 Å². The van der Waals surface area contributed by atoms with E-state index in [1.807, 2.05) is 0 Å². The van der Waals surface area contributed by atoms with Gasteiger partial charge in [0.05, 0.1) is 6.54 Å². The molecule has 0 saturated heterocycles. The number of carbonyl (C=O) groups is 3. The van der Waals surface area contributed by atoms with Gasteiger partial charge in [-0.2, -0.15) is 0 Å². The van der Waals surface area contributed by atoms with Crippen LogP contribution in [0.4, 0.5) is 0 Å². The molecule has 0 amide bonds. The highest BCUT2D eigenvalue weighted by Crippen LogP contribution is 2.13. The molecule has 0 fully saturated rings. The molecule has 0 aromatic heterocycles. The quantitative estimate of drug-likeness (QED) is 0.107. The molecule has 186 valence electrons. The van der Waals surface area contributed by atoms with E-state index in [0.29, 0.717) is 6.42 Å². The van der Waals surface area contributed by atoms with Crippen LogP contribution in [0.2, 0.25) is 0 Å². The summed E-state index contributed by atoms with van der Waals surface area (Å²) < 4.78 is -0.450. The highest BCUT2D eigenvalue weighted by atomic mass is 16.4. The zero-order valence-corrected chi connectivity index (χ0v) is 20.1. The summed E-state index contributed by atoms with van der Waals surface area (Å²) in [6.07, 6.45) is 22.2. The summed E-state index contributed by atoms with van der Waals surface area (Å²) in [5.41, 5.74) is 0. The van der Waals surface area contributed by atoms with Crippen molar-refractivity contribution in [3.05, 3.63) is 12.2 Å². The largest absolute Gasteiger partial charge is 0.477 e. The van der Waals surface area contributed by atoms with Gasteiger partial charge in [0, 0.05) is 0 Å².